The van der Waals surface area contributed by atoms with Crippen molar-refractivity contribution >= 4 is 17.5 Å². The van der Waals surface area contributed by atoms with E-state index in [0.717, 1.165) is 18.4 Å². The number of carbonyl (C=O) groups excluding carboxylic acids is 2. The van der Waals surface area contributed by atoms with E-state index in [0.29, 0.717) is 13.1 Å². The lowest BCUT2D eigenvalue weighted by molar-refractivity contribution is -0.136. The number of nitrogens with zero attached hydrogens (tertiary/aromatic N) is 2. The summed E-state index contributed by atoms with van der Waals surface area (Å²) in [5.74, 6) is -1.06. The van der Waals surface area contributed by atoms with Gasteiger partial charge in [-0.1, -0.05) is 6.07 Å². The molecule has 0 unspecified atom stereocenters. The third-order valence-corrected chi connectivity index (χ3v) is 4.80. The largest absolute Gasteiger partial charge is 0.338 e. The van der Waals surface area contributed by atoms with Gasteiger partial charge in [0.25, 0.3) is 0 Å². The third kappa shape index (κ3) is 2.95. The molecule has 0 aromatic heterocycles. The van der Waals surface area contributed by atoms with Gasteiger partial charge in [0.1, 0.15) is 5.82 Å². The summed E-state index contributed by atoms with van der Waals surface area (Å²) < 4.78 is 14.1. The second-order valence-electron chi connectivity index (χ2n) is 6.42. The molecule has 2 heterocycles. The van der Waals surface area contributed by atoms with E-state index in [-0.39, 0.29) is 36.5 Å². The van der Waals surface area contributed by atoms with E-state index in [4.69, 9.17) is 5.73 Å². The molecule has 6 heteroatoms. The van der Waals surface area contributed by atoms with Gasteiger partial charge >= 0.3 is 0 Å². The van der Waals surface area contributed by atoms with Crippen LogP contribution in [-0.4, -0.2) is 42.4 Å². The molecule has 2 saturated heterocycles. The van der Waals surface area contributed by atoms with E-state index in [1.807, 2.05) is 0 Å². The molecule has 2 aliphatic heterocycles. The molecule has 2 amide bonds. The van der Waals surface area contributed by atoms with E-state index in [2.05, 4.69) is 0 Å². The van der Waals surface area contributed by atoms with Crippen molar-refractivity contribution in [1.29, 1.82) is 0 Å². The maximum absolute atomic E-state index is 14.1. The van der Waals surface area contributed by atoms with Gasteiger partial charge in [-0.15, -0.1) is 0 Å². The van der Waals surface area contributed by atoms with Crippen LogP contribution < -0.4 is 10.6 Å². The zero-order valence-corrected chi connectivity index (χ0v) is 13.3. The Kier molecular flexibility index (Phi) is 4.35. The van der Waals surface area contributed by atoms with Gasteiger partial charge < -0.3 is 15.5 Å². The molecule has 5 nitrogen and oxygen atoms in total. The summed E-state index contributed by atoms with van der Waals surface area (Å²) in [4.78, 5) is 28.1. The molecule has 1 aromatic carbocycles. The van der Waals surface area contributed by atoms with Crippen molar-refractivity contribution in [3.05, 3.63) is 29.6 Å². The summed E-state index contributed by atoms with van der Waals surface area (Å²) in [6, 6.07) is 4.85. The predicted octanol–water partition coefficient (Wildman–Crippen LogP) is 1.44. The van der Waals surface area contributed by atoms with Crippen LogP contribution in [0.5, 0.6) is 0 Å². The molecule has 0 radical (unpaired) electrons. The second-order valence-corrected chi connectivity index (χ2v) is 6.42. The van der Waals surface area contributed by atoms with Crippen LogP contribution in [-0.2, 0) is 9.59 Å². The van der Waals surface area contributed by atoms with Gasteiger partial charge in [0.05, 0.1) is 11.6 Å². The zero-order valence-electron chi connectivity index (χ0n) is 13.3. The number of halogens is 1. The predicted molar refractivity (Wildman–Crippen MR) is 85.4 cm³/mol. The summed E-state index contributed by atoms with van der Waals surface area (Å²) >= 11 is 0. The fraction of sp³-hybridized carbons (Fsp3) is 0.529. The van der Waals surface area contributed by atoms with Gasteiger partial charge in [0, 0.05) is 32.1 Å². The van der Waals surface area contributed by atoms with Crippen LogP contribution in [0.2, 0.25) is 0 Å². The molecule has 2 N–H and O–H groups in total. The number of likely N-dealkylation sites (tertiary alicyclic amines) is 1. The quantitative estimate of drug-likeness (QED) is 0.917. The Morgan fingerprint density at radius 2 is 2.22 bits per heavy atom. The van der Waals surface area contributed by atoms with Crippen molar-refractivity contribution < 1.29 is 14.0 Å². The lowest BCUT2D eigenvalue weighted by Gasteiger charge is -2.26. The first kappa shape index (κ1) is 15.9. The first-order valence-electron chi connectivity index (χ1n) is 8.08. The monoisotopic (exact) mass is 319 g/mol. The number of carbonyl (C=O) groups is 2. The maximum atomic E-state index is 14.1. The lowest BCUT2D eigenvalue weighted by atomic mass is 10.1. The molecule has 0 aliphatic carbocycles. The Hall–Kier alpha value is -1.95. The highest BCUT2D eigenvalue weighted by Crippen LogP contribution is 2.30. The van der Waals surface area contributed by atoms with Crippen molar-refractivity contribution in [3.8, 4) is 0 Å². The van der Waals surface area contributed by atoms with Crippen molar-refractivity contribution in [1.82, 2.24) is 4.90 Å². The summed E-state index contributed by atoms with van der Waals surface area (Å²) in [7, 11) is 0. The van der Waals surface area contributed by atoms with Crippen LogP contribution in [0, 0.1) is 18.7 Å². The summed E-state index contributed by atoms with van der Waals surface area (Å²) in [6.45, 7) is 3.18. The van der Waals surface area contributed by atoms with Crippen LogP contribution in [0.15, 0.2) is 18.2 Å². The standard InChI is InChI=1S/C17H22FN3O2/c1-11-4-5-15(14(18)7-11)21-10-12(8-16(21)22)17(23)20-6-2-3-13(20)9-19/h4-5,7,12-13H,2-3,6,8-10,19H2,1H3/t12-,13-/m1/s1. The van der Waals surface area contributed by atoms with Crippen LogP contribution in [0.4, 0.5) is 10.1 Å². The molecule has 23 heavy (non-hydrogen) atoms. The van der Waals surface area contributed by atoms with Crippen molar-refractivity contribution in [2.45, 2.75) is 32.2 Å². The van der Waals surface area contributed by atoms with E-state index in [1.54, 1.807) is 24.0 Å². The summed E-state index contributed by atoms with van der Waals surface area (Å²) in [5.41, 5.74) is 6.78. The number of aryl methyl sites for hydroxylation is 1. The van der Waals surface area contributed by atoms with Crippen LogP contribution in [0.25, 0.3) is 0 Å². The highest BCUT2D eigenvalue weighted by molar-refractivity contribution is 6.00. The minimum absolute atomic E-state index is 0.0266. The van der Waals surface area contributed by atoms with Gasteiger partial charge in [-0.25, -0.2) is 4.39 Å². The second kappa shape index (κ2) is 6.28. The van der Waals surface area contributed by atoms with Crippen molar-refractivity contribution in [2.75, 3.05) is 24.5 Å². The van der Waals surface area contributed by atoms with E-state index in [9.17, 15) is 14.0 Å². The highest BCUT2D eigenvalue weighted by Gasteiger charge is 2.40. The van der Waals surface area contributed by atoms with E-state index >= 15 is 0 Å². The molecule has 1 aromatic rings. The molecule has 2 fully saturated rings. The minimum Gasteiger partial charge on any atom is -0.338 e. The number of anilines is 1. The van der Waals surface area contributed by atoms with Crippen LogP contribution in [0.1, 0.15) is 24.8 Å². The van der Waals surface area contributed by atoms with Gasteiger partial charge in [-0.05, 0) is 37.5 Å². The summed E-state index contributed by atoms with van der Waals surface area (Å²) in [5, 5.41) is 0. The fourth-order valence-electron chi connectivity index (χ4n) is 3.54. The molecule has 3 rings (SSSR count). The molecule has 0 bridgehead atoms. The van der Waals surface area contributed by atoms with Gasteiger partial charge in [-0.2, -0.15) is 0 Å². The number of amides is 2. The SMILES string of the molecule is Cc1ccc(N2C[C@H](C(=O)N3CCC[C@@H]3CN)CC2=O)c(F)c1. The Morgan fingerprint density at radius 1 is 1.43 bits per heavy atom. The average Bonchev–Trinajstić information content (AvgIpc) is 3.13. The van der Waals surface area contributed by atoms with Crippen molar-refractivity contribution in [2.24, 2.45) is 11.7 Å². The fourth-order valence-corrected chi connectivity index (χ4v) is 3.54. The van der Waals surface area contributed by atoms with Gasteiger partial charge in [-0.3, -0.25) is 9.59 Å². The van der Waals surface area contributed by atoms with Crippen LogP contribution >= 0.6 is 0 Å². The van der Waals surface area contributed by atoms with Crippen molar-refractivity contribution in [3.63, 3.8) is 0 Å². The highest BCUT2D eigenvalue weighted by atomic mass is 19.1. The first-order chi connectivity index (χ1) is 11.0. The Balaban J connectivity index is 1.75. The van der Waals surface area contributed by atoms with Crippen LogP contribution in [0.3, 0.4) is 0 Å². The van der Waals surface area contributed by atoms with E-state index < -0.39 is 11.7 Å². The molecule has 124 valence electrons. The maximum Gasteiger partial charge on any atom is 0.228 e. The number of nitrogens with two attached hydrogens (primary N) is 1. The normalized spacial score (nSPS) is 24.6. The summed E-state index contributed by atoms with van der Waals surface area (Å²) in [6.07, 6.45) is 2.00. The minimum atomic E-state index is -0.424. The zero-order chi connectivity index (χ0) is 16.6. The smallest absolute Gasteiger partial charge is 0.228 e. The number of hydrogen-bond donors (Lipinski definition) is 1. The molecule has 0 spiro atoms. The molecular formula is C17H22FN3O2. The molecular weight excluding hydrogens is 297 g/mol. The Morgan fingerprint density at radius 3 is 2.91 bits per heavy atom. The van der Waals surface area contributed by atoms with Gasteiger partial charge in [0.15, 0.2) is 0 Å². The first-order valence-corrected chi connectivity index (χ1v) is 8.08. The third-order valence-electron chi connectivity index (χ3n) is 4.80. The average molecular weight is 319 g/mol. The Bertz CT molecular complexity index is 634. The molecule has 2 aliphatic rings. The van der Waals surface area contributed by atoms with E-state index in [1.165, 1.54) is 11.0 Å². The number of benzene rings is 1. The lowest BCUT2D eigenvalue weighted by Crippen LogP contribution is -2.43. The molecule has 2 atom stereocenters. The Labute approximate surface area is 135 Å². The number of rotatable bonds is 3. The molecule has 0 saturated carbocycles. The topological polar surface area (TPSA) is 66.6 Å². The number of hydrogen-bond acceptors (Lipinski definition) is 3. The van der Waals surface area contributed by atoms with Gasteiger partial charge in [0.2, 0.25) is 11.8 Å².